The smallest absolute Gasteiger partial charge is 0.335 e. The summed E-state index contributed by atoms with van der Waals surface area (Å²) in [6, 6.07) is 18.1. The molecule has 9 nitrogen and oxygen atoms in total. The van der Waals surface area contributed by atoms with Crippen molar-refractivity contribution in [2.75, 3.05) is 39.8 Å². The van der Waals surface area contributed by atoms with Crippen LogP contribution in [0.3, 0.4) is 0 Å². The molecule has 3 aromatic carbocycles. The topological polar surface area (TPSA) is 112 Å². The summed E-state index contributed by atoms with van der Waals surface area (Å²) in [7, 11) is 2.10. The van der Waals surface area contributed by atoms with Crippen LogP contribution in [0.1, 0.15) is 32.6 Å². The molecule has 0 atom stereocenters. The van der Waals surface area contributed by atoms with Crippen LogP contribution in [-0.2, 0) is 17.9 Å². The van der Waals surface area contributed by atoms with Crippen molar-refractivity contribution in [2.24, 2.45) is 4.99 Å². The number of likely N-dealkylation sites (N-methyl/N-ethyl adjacent to an activating group) is 1. The number of benzene rings is 3. The molecular weight excluding hydrogens is 538 g/mol. The molecule has 41 heavy (non-hydrogen) atoms. The highest BCUT2D eigenvalue weighted by molar-refractivity contribution is 7.80. The lowest BCUT2D eigenvalue weighted by molar-refractivity contribution is -0.133. The first-order chi connectivity index (χ1) is 19.7. The van der Waals surface area contributed by atoms with Crippen molar-refractivity contribution >= 4 is 46.8 Å². The van der Waals surface area contributed by atoms with Gasteiger partial charge in [-0.05, 0) is 54.6 Å². The van der Waals surface area contributed by atoms with E-state index in [1.807, 2.05) is 47.4 Å². The summed E-state index contributed by atoms with van der Waals surface area (Å²) >= 11 is 4.41. The van der Waals surface area contributed by atoms with Gasteiger partial charge in [0.25, 0.3) is 0 Å². The number of hydrogen-bond acceptors (Lipinski definition) is 7. The number of aromatic hydroxyl groups is 1. The zero-order valence-corrected chi connectivity index (χ0v) is 23.6. The molecule has 1 fully saturated rings. The lowest BCUT2D eigenvalue weighted by atomic mass is 10.00. The van der Waals surface area contributed by atoms with Gasteiger partial charge < -0.3 is 25.0 Å². The first kappa shape index (κ1) is 27.1. The zero-order valence-electron chi connectivity index (χ0n) is 22.7. The Labute approximate surface area is 243 Å². The maximum absolute atomic E-state index is 13.1. The van der Waals surface area contributed by atoms with E-state index in [1.165, 1.54) is 12.1 Å². The van der Waals surface area contributed by atoms with Crippen LogP contribution in [-0.4, -0.2) is 87.3 Å². The van der Waals surface area contributed by atoms with Crippen molar-refractivity contribution in [2.45, 2.75) is 18.0 Å². The van der Waals surface area contributed by atoms with Gasteiger partial charge in [-0.3, -0.25) is 9.69 Å². The average Bonchev–Trinajstić information content (AvgIpc) is 3.53. The Balaban J connectivity index is 1.32. The molecule has 1 aromatic heterocycles. The Kier molecular flexibility index (Phi) is 7.29. The largest absolute Gasteiger partial charge is 0.494 e. The second-order valence-corrected chi connectivity index (χ2v) is 11.2. The van der Waals surface area contributed by atoms with E-state index in [4.69, 9.17) is 4.99 Å². The summed E-state index contributed by atoms with van der Waals surface area (Å²) in [5.74, 6) is -1.01. The number of carbonyl (C=O) groups excluding carboxylic acids is 1. The molecular formula is C31H31N5O4S. The van der Waals surface area contributed by atoms with E-state index in [-0.39, 0.29) is 17.4 Å². The third-order valence-corrected chi connectivity index (χ3v) is 8.16. The second-order valence-electron chi connectivity index (χ2n) is 10.7. The number of piperazine rings is 1. The number of nitrogens with one attached hydrogen (secondary N) is 1. The quantitative estimate of drug-likeness (QED) is 0.205. The van der Waals surface area contributed by atoms with Crippen LogP contribution < -0.4 is 0 Å². The molecule has 210 valence electrons. The molecule has 0 aliphatic carbocycles. The van der Waals surface area contributed by atoms with Gasteiger partial charge in [0.15, 0.2) is 5.88 Å². The number of carboxylic acid groups (broad SMARTS) is 1. The predicted molar refractivity (Wildman–Crippen MR) is 161 cm³/mol. The van der Waals surface area contributed by atoms with E-state index in [9.17, 15) is 19.8 Å². The molecule has 0 bridgehead atoms. The van der Waals surface area contributed by atoms with Gasteiger partial charge in [0.1, 0.15) is 0 Å². The number of aromatic amines is 1. The van der Waals surface area contributed by atoms with Crippen molar-refractivity contribution in [3.63, 3.8) is 0 Å². The van der Waals surface area contributed by atoms with E-state index >= 15 is 0 Å². The van der Waals surface area contributed by atoms with Crippen LogP contribution in [0, 0.1) is 0 Å². The minimum absolute atomic E-state index is 0.0990. The highest BCUT2D eigenvalue weighted by Crippen LogP contribution is 2.34. The Morgan fingerprint density at radius 3 is 2.37 bits per heavy atom. The predicted octanol–water partition coefficient (Wildman–Crippen LogP) is 4.12. The third kappa shape index (κ3) is 5.58. The average molecular weight is 570 g/mol. The summed E-state index contributed by atoms with van der Waals surface area (Å²) < 4.78 is 0. The van der Waals surface area contributed by atoms with E-state index < -0.39 is 5.97 Å². The van der Waals surface area contributed by atoms with Crippen LogP contribution >= 0.6 is 12.6 Å². The van der Waals surface area contributed by atoms with Gasteiger partial charge in [-0.15, -0.1) is 12.6 Å². The summed E-state index contributed by atoms with van der Waals surface area (Å²) in [5.41, 5.74) is 5.25. The molecule has 3 N–H and O–H groups in total. The Bertz CT molecular complexity index is 1670. The Morgan fingerprint density at radius 2 is 1.63 bits per heavy atom. The molecule has 4 aromatic rings. The number of aromatic nitrogens is 1. The number of amides is 1. The van der Waals surface area contributed by atoms with Gasteiger partial charge >= 0.3 is 5.97 Å². The molecule has 0 radical (unpaired) electrons. The Hall–Kier alpha value is -4.12. The number of hydrogen-bond donors (Lipinski definition) is 4. The number of rotatable bonds is 6. The van der Waals surface area contributed by atoms with Crippen LogP contribution in [0.5, 0.6) is 5.88 Å². The molecule has 10 heteroatoms. The third-order valence-electron chi connectivity index (χ3n) is 7.86. The molecule has 3 heterocycles. The van der Waals surface area contributed by atoms with Crippen LogP contribution in [0.15, 0.2) is 70.6 Å². The van der Waals surface area contributed by atoms with Crippen LogP contribution in [0.4, 0.5) is 5.69 Å². The van der Waals surface area contributed by atoms with Gasteiger partial charge in [-0.25, -0.2) is 9.79 Å². The number of carboxylic acids is 1. The number of aromatic carboxylic acids is 1. The Morgan fingerprint density at radius 1 is 0.927 bits per heavy atom. The lowest BCUT2D eigenvalue weighted by Crippen LogP contribution is -2.48. The SMILES string of the molecule is CN1CCN(CC(=O)N2Cc3ccc(N=C(c4ccc(S)cc4)c4c(O)[nH]c5cc(C(=O)O)ccc45)cc3C2)CC1. The normalized spacial score (nSPS) is 16.3. The monoisotopic (exact) mass is 569 g/mol. The summed E-state index contributed by atoms with van der Waals surface area (Å²) in [6.07, 6.45) is 0. The van der Waals surface area contributed by atoms with Crippen molar-refractivity contribution in [1.82, 2.24) is 19.7 Å². The summed E-state index contributed by atoms with van der Waals surface area (Å²) in [4.78, 5) is 39.7. The number of carbonyl (C=O) groups is 2. The highest BCUT2D eigenvalue weighted by atomic mass is 32.1. The minimum atomic E-state index is -1.05. The molecule has 6 rings (SSSR count). The second kappa shape index (κ2) is 11.0. The van der Waals surface area contributed by atoms with Gasteiger partial charge in [-0.2, -0.15) is 0 Å². The van der Waals surface area contributed by atoms with E-state index in [0.717, 1.165) is 47.8 Å². The molecule has 0 saturated carbocycles. The minimum Gasteiger partial charge on any atom is -0.494 e. The lowest BCUT2D eigenvalue weighted by Gasteiger charge is -2.32. The molecule has 0 unspecified atom stereocenters. The van der Waals surface area contributed by atoms with E-state index in [1.54, 1.807) is 6.07 Å². The molecule has 1 saturated heterocycles. The fourth-order valence-corrected chi connectivity index (χ4v) is 5.64. The van der Waals surface area contributed by atoms with Crippen LogP contribution in [0.25, 0.3) is 10.9 Å². The van der Waals surface area contributed by atoms with Gasteiger partial charge in [0, 0.05) is 60.6 Å². The zero-order chi connectivity index (χ0) is 28.7. The standard InChI is InChI=1S/C31H31N5O4S/c1-34-10-12-35(13-11-34)18-27(37)36-16-21-2-6-23(14-22(21)17-36)32-29(19-3-7-24(41)8-4-19)28-25-9-5-20(31(39)40)15-26(25)33-30(28)38/h2-9,14-15,33,38,41H,10-13,16-18H2,1H3,(H,39,40). The number of H-pyrrole nitrogens is 1. The van der Waals surface area contributed by atoms with Crippen molar-refractivity contribution in [1.29, 1.82) is 0 Å². The number of nitrogens with zero attached hydrogens (tertiary/aromatic N) is 4. The maximum Gasteiger partial charge on any atom is 0.335 e. The number of thiol groups is 1. The molecule has 2 aliphatic rings. The van der Waals surface area contributed by atoms with Crippen molar-refractivity contribution in [3.8, 4) is 5.88 Å². The highest BCUT2D eigenvalue weighted by Gasteiger charge is 2.26. The number of fused-ring (bicyclic) bond motifs is 2. The van der Waals surface area contributed by atoms with Crippen molar-refractivity contribution in [3.05, 3.63) is 88.5 Å². The summed E-state index contributed by atoms with van der Waals surface area (Å²) in [6.45, 7) is 5.29. The van der Waals surface area contributed by atoms with Crippen LogP contribution in [0.2, 0.25) is 0 Å². The van der Waals surface area contributed by atoms with Gasteiger partial charge in [0.2, 0.25) is 5.91 Å². The molecule has 1 amide bonds. The fourth-order valence-electron chi connectivity index (χ4n) is 5.49. The first-order valence-electron chi connectivity index (χ1n) is 13.5. The van der Waals surface area contributed by atoms with Gasteiger partial charge in [0.05, 0.1) is 29.1 Å². The van der Waals surface area contributed by atoms with E-state index in [0.29, 0.717) is 47.5 Å². The first-order valence-corrected chi connectivity index (χ1v) is 14.0. The molecule has 2 aliphatic heterocycles. The molecule has 0 spiro atoms. The van der Waals surface area contributed by atoms with Crippen molar-refractivity contribution < 1.29 is 19.8 Å². The number of aliphatic imine (C=N–C) groups is 1. The fraction of sp³-hybridized carbons (Fsp3) is 0.258. The van der Waals surface area contributed by atoms with Gasteiger partial charge in [-0.1, -0.05) is 24.3 Å². The maximum atomic E-state index is 13.1. The summed E-state index contributed by atoms with van der Waals surface area (Å²) in [5, 5.41) is 21.0. The van der Waals surface area contributed by atoms with E-state index in [2.05, 4.69) is 34.5 Å².